The van der Waals surface area contributed by atoms with Gasteiger partial charge in [0.1, 0.15) is 12.0 Å². The smallest absolute Gasteiger partial charge is 0.352 e. The zero-order valence-corrected chi connectivity index (χ0v) is 13.5. The number of carbonyl (C=O) groups excluding carboxylic acids is 2. The van der Waals surface area contributed by atoms with Crippen LogP contribution in [0.5, 0.6) is 5.75 Å². The molecule has 120 valence electrons. The van der Waals surface area contributed by atoms with Crippen LogP contribution in [0.25, 0.3) is 0 Å². The van der Waals surface area contributed by atoms with Gasteiger partial charge in [0.15, 0.2) is 0 Å². The third kappa shape index (κ3) is 3.97. The fraction of sp³-hybridized carbons (Fsp3) is 0.263. The highest BCUT2D eigenvalue weighted by Crippen LogP contribution is 2.30. The molecular weight excluding hydrogens is 292 g/mol. The van der Waals surface area contributed by atoms with Gasteiger partial charge in [0.2, 0.25) is 6.10 Å². The molecule has 0 aromatic heterocycles. The molecule has 0 radical (unpaired) electrons. The predicted molar refractivity (Wildman–Crippen MR) is 87.7 cm³/mol. The zero-order chi connectivity index (χ0) is 16.8. The van der Waals surface area contributed by atoms with E-state index in [4.69, 9.17) is 9.47 Å². The zero-order valence-electron chi connectivity index (χ0n) is 13.5. The van der Waals surface area contributed by atoms with Gasteiger partial charge in [-0.25, -0.2) is 4.79 Å². The van der Waals surface area contributed by atoms with E-state index in [9.17, 15) is 9.59 Å². The molecule has 23 heavy (non-hydrogen) atoms. The molecule has 0 N–H and O–H groups in total. The minimum atomic E-state index is -0.837. The first kappa shape index (κ1) is 16.7. The summed E-state index contributed by atoms with van der Waals surface area (Å²) in [5.41, 5.74) is 2.92. The van der Waals surface area contributed by atoms with Gasteiger partial charge in [0.05, 0.1) is 6.61 Å². The fourth-order valence-corrected chi connectivity index (χ4v) is 2.45. The number of esters is 1. The van der Waals surface area contributed by atoms with E-state index in [1.807, 2.05) is 44.2 Å². The molecule has 1 unspecified atom stereocenters. The van der Waals surface area contributed by atoms with Crippen LogP contribution < -0.4 is 4.74 Å². The second-order valence-electron chi connectivity index (χ2n) is 5.26. The molecule has 0 saturated carbocycles. The standard InChI is InChI=1S/C19H20O4/c1-4-22-19(21)18(16-8-6-5-7-9-16)23-17-13(2)10-15(12-20)11-14(17)3/h5-12,18H,4H2,1-3H3. The lowest BCUT2D eigenvalue weighted by atomic mass is 10.1. The van der Waals surface area contributed by atoms with Crippen LogP contribution in [0.2, 0.25) is 0 Å². The number of aryl methyl sites for hydroxylation is 2. The molecule has 0 aliphatic heterocycles. The number of rotatable bonds is 6. The SMILES string of the molecule is CCOC(=O)C(Oc1c(C)cc(C=O)cc1C)c1ccccc1. The topological polar surface area (TPSA) is 52.6 Å². The average Bonchev–Trinajstić information content (AvgIpc) is 2.55. The largest absolute Gasteiger partial charge is 0.473 e. The number of carbonyl (C=O) groups is 2. The lowest BCUT2D eigenvalue weighted by Gasteiger charge is -2.21. The van der Waals surface area contributed by atoms with E-state index in [1.165, 1.54) is 0 Å². The highest BCUT2D eigenvalue weighted by molar-refractivity contribution is 5.78. The van der Waals surface area contributed by atoms with Crippen LogP contribution >= 0.6 is 0 Å². The van der Waals surface area contributed by atoms with Gasteiger partial charge in [-0.05, 0) is 44.0 Å². The quantitative estimate of drug-likeness (QED) is 0.601. The Balaban J connectivity index is 2.39. The van der Waals surface area contributed by atoms with E-state index in [2.05, 4.69) is 0 Å². The molecule has 0 heterocycles. The van der Waals surface area contributed by atoms with Gasteiger partial charge in [-0.1, -0.05) is 30.3 Å². The maximum atomic E-state index is 12.3. The number of hydrogen-bond acceptors (Lipinski definition) is 4. The van der Waals surface area contributed by atoms with Gasteiger partial charge in [-0.15, -0.1) is 0 Å². The first-order chi connectivity index (χ1) is 11.1. The van der Waals surface area contributed by atoms with Crippen molar-refractivity contribution in [3.63, 3.8) is 0 Å². The highest BCUT2D eigenvalue weighted by atomic mass is 16.6. The van der Waals surface area contributed by atoms with Crippen molar-refractivity contribution in [2.75, 3.05) is 6.61 Å². The second kappa shape index (κ2) is 7.58. The summed E-state index contributed by atoms with van der Waals surface area (Å²) >= 11 is 0. The summed E-state index contributed by atoms with van der Waals surface area (Å²) < 4.78 is 11.1. The van der Waals surface area contributed by atoms with E-state index in [1.54, 1.807) is 19.1 Å². The van der Waals surface area contributed by atoms with Crippen LogP contribution in [0.4, 0.5) is 0 Å². The first-order valence-electron chi connectivity index (χ1n) is 7.51. The van der Waals surface area contributed by atoms with Gasteiger partial charge < -0.3 is 9.47 Å². The second-order valence-corrected chi connectivity index (χ2v) is 5.26. The van der Waals surface area contributed by atoms with Crippen LogP contribution in [-0.4, -0.2) is 18.9 Å². The Bertz CT molecular complexity index is 669. The Hall–Kier alpha value is -2.62. The van der Waals surface area contributed by atoms with Gasteiger partial charge >= 0.3 is 5.97 Å². The number of hydrogen-bond donors (Lipinski definition) is 0. The Labute approximate surface area is 136 Å². The molecule has 4 nitrogen and oxygen atoms in total. The molecule has 4 heteroatoms. The molecule has 2 aromatic carbocycles. The Morgan fingerprint density at radius 1 is 1.13 bits per heavy atom. The van der Waals surface area contributed by atoms with Crippen LogP contribution in [0.3, 0.4) is 0 Å². The maximum Gasteiger partial charge on any atom is 0.352 e. The van der Waals surface area contributed by atoms with E-state index in [-0.39, 0.29) is 6.61 Å². The van der Waals surface area contributed by atoms with E-state index in [0.29, 0.717) is 11.3 Å². The summed E-state index contributed by atoms with van der Waals surface area (Å²) in [6, 6.07) is 12.7. The Morgan fingerprint density at radius 3 is 2.26 bits per heavy atom. The van der Waals surface area contributed by atoms with Gasteiger partial charge in [0.25, 0.3) is 0 Å². The van der Waals surface area contributed by atoms with Crippen molar-refractivity contribution >= 4 is 12.3 Å². The minimum absolute atomic E-state index is 0.285. The van der Waals surface area contributed by atoms with E-state index < -0.39 is 12.1 Å². The Kier molecular flexibility index (Phi) is 5.52. The van der Waals surface area contributed by atoms with Crippen LogP contribution in [-0.2, 0) is 9.53 Å². The molecule has 0 fully saturated rings. The van der Waals surface area contributed by atoms with Crippen molar-refractivity contribution in [3.05, 3.63) is 64.7 Å². The summed E-state index contributed by atoms with van der Waals surface area (Å²) in [6.07, 6.45) is -0.0419. The minimum Gasteiger partial charge on any atom is -0.473 e. The molecule has 0 amide bonds. The van der Waals surface area contributed by atoms with Crippen molar-refractivity contribution in [1.29, 1.82) is 0 Å². The normalized spacial score (nSPS) is 11.6. The summed E-state index contributed by atoms with van der Waals surface area (Å²) in [5, 5.41) is 0. The van der Waals surface area contributed by atoms with Gasteiger partial charge in [-0.3, -0.25) is 4.79 Å². The molecule has 0 bridgehead atoms. The van der Waals surface area contributed by atoms with Crippen molar-refractivity contribution < 1.29 is 19.1 Å². The first-order valence-corrected chi connectivity index (χ1v) is 7.51. The van der Waals surface area contributed by atoms with E-state index >= 15 is 0 Å². The lowest BCUT2D eigenvalue weighted by Crippen LogP contribution is -2.22. The lowest BCUT2D eigenvalue weighted by molar-refractivity contribution is -0.151. The van der Waals surface area contributed by atoms with Gasteiger partial charge in [0, 0.05) is 11.1 Å². The maximum absolute atomic E-state index is 12.3. The molecule has 2 rings (SSSR count). The van der Waals surface area contributed by atoms with Crippen molar-refractivity contribution in [1.82, 2.24) is 0 Å². The monoisotopic (exact) mass is 312 g/mol. The third-order valence-electron chi connectivity index (χ3n) is 3.46. The molecule has 0 spiro atoms. The number of benzene rings is 2. The van der Waals surface area contributed by atoms with Crippen LogP contribution in [0, 0.1) is 13.8 Å². The van der Waals surface area contributed by atoms with Crippen LogP contribution in [0.1, 0.15) is 40.1 Å². The molecule has 0 aliphatic carbocycles. The van der Waals surface area contributed by atoms with Crippen molar-refractivity contribution in [3.8, 4) is 5.75 Å². The molecule has 0 aliphatic rings. The molecule has 1 atom stereocenters. The predicted octanol–water partition coefficient (Wildman–Crippen LogP) is 3.80. The van der Waals surface area contributed by atoms with Crippen LogP contribution in [0.15, 0.2) is 42.5 Å². The van der Waals surface area contributed by atoms with Gasteiger partial charge in [-0.2, -0.15) is 0 Å². The Morgan fingerprint density at radius 2 is 1.74 bits per heavy atom. The summed E-state index contributed by atoms with van der Waals surface area (Å²) in [4.78, 5) is 23.2. The molecular formula is C19H20O4. The third-order valence-corrected chi connectivity index (χ3v) is 3.46. The average molecular weight is 312 g/mol. The van der Waals surface area contributed by atoms with Crippen molar-refractivity contribution in [2.45, 2.75) is 26.9 Å². The highest BCUT2D eigenvalue weighted by Gasteiger charge is 2.25. The summed E-state index contributed by atoms with van der Waals surface area (Å²) in [6.45, 7) is 5.74. The number of aldehydes is 1. The number of ether oxygens (including phenoxy) is 2. The summed E-state index contributed by atoms with van der Waals surface area (Å²) in [5.74, 6) is 0.162. The van der Waals surface area contributed by atoms with Crippen molar-refractivity contribution in [2.24, 2.45) is 0 Å². The molecule has 2 aromatic rings. The fourth-order valence-electron chi connectivity index (χ4n) is 2.45. The summed E-state index contributed by atoms with van der Waals surface area (Å²) in [7, 11) is 0. The molecule has 0 saturated heterocycles. The van der Waals surface area contributed by atoms with E-state index in [0.717, 1.165) is 23.0 Å².